The predicted octanol–water partition coefficient (Wildman–Crippen LogP) is 14.3. The molecule has 0 spiro atoms. The van der Waals surface area contributed by atoms with Gasteiger partial charge in [0.05, 0.1) is 11.7 Å². The van der Waals surface area contributed by atoms with E-state index in [0.29, 0.717) is 5.92 Å². The summed E-state index contributed by atoms with van der Waals surface area (Å²) in [6.07, 6.45) is 9.08. The third-order valence-electron chi connectivity index (χ3n) is 11.4. The quantitative estimate of drug-likeness (QED) is 0.172. The van der Waals surface area contributed by atoms with Crippen molar-refractivity contribution in [1.82, 2.24) is 0 Å². The zero-order valence-electron chi connectivity index (χ0n) is 30.1. The van der Waals surface area contributed by atoms with Gasteiger partial charge in [0.25, 0.3) is 0 Å². The van der Waals surface area contributed by atoms with Gasteiger partial charge in [-0.2, -0.15) is 0 Å². The molecule has 2 unspecified atom stereocenters. The molecule has 0 saturated heterocycles. The number of para-hydroxylation sites is 4. The zero-order chi connectivity index (χ0) is 36.3. The summed E-state index contributed by atoms with van der Waals surface area (Å²) in [7, 11) is 0. The van der Waals surface area contributed by atoms with Crippen LogP contribution in [0.5, 0.6) is 0 Å². The van der Waals surface area contributed by atoms with Crippen LogP contribution in [0.3, 0.4) is 0 Å². The van der Waals surface area contributed by atoms with Crippen molar-refractivity contribution in [3.8, 4) is 22.3 Å². The first-order valence-corrected chi connectivity index (χ1v) is 19.0. The number of nitrogens with zero attached hydrogens (tertiary/aromatic N) is 2. The first-order chi connectivity index (χ1) is 27.3. The minimum atomic E-state index is 0.227. The molecule has 55 heavy (non-hydrogen) atoms. The standard InChI is InChI=1S/C52H36N2O/c1-2-15-36(16-3-1)53(37-31-29-35(30-32-37)38-23-14-28-51-52(38)45-22-9-13-27-50(45)55-51)49-34-33-40(39-17-4-5-18-41(39)49)42-19-6-10-24-46(42)54-47-25-11-7-20-43(47)44-21-8-12-26-48(44)54/h1-34,43,47H. The average Bonchev–Trinajstić information content (AvgIpc) is 3.81. The fourth-order valence-corrected chi connectivity index (χ4v) is 9.00. The summed E-state index contributed by atoms with van der Waals surface area (Å²) in [4.78, 5) is 4.93. The molecular weight excluding hydrogens is 669 g/mol. The van der Waals surface area contributed by atoms with Crippen LogP contribution in [0.4, 0.5) is 28.4 Å². The molecule has 8 aromatic carbocycles. The number of hydrogen-bond donors (Lipinski definition) is 0. The van der Waals surface area contributed by atoms with Gasteiger partial charge >= 0.3 is 0 Å². The average molecular weight is 705 g/mol. The molecule has 2 atom stereocenters. The van der Waals surface area contributed by atoms with Gasteiger partial charge in [0.1, 0.15) is 11.2 Å². The van der Waals surface area contributed by atoms with E-state index >= 15 is 0 Å². The summed E-state index contributed by atoms with van der Waals surface area (Å²) in [5, 5.41) is 4.69. The highest BCUT2D eigenvalue weighted by atomic mass is 16.3. The Bertz CT molecular complexity index is 2950. The largest absolute Gasteiger partial charge is 0.456 e. The molecule has 0 fully saturated rings. The molecule has 2 aliphatic rings. The summed E-state index contributed by atoms with van der Waals surface area (Å²) in [5.74, 6) is 0.325. The van der Waals surface area contributed by atoms with Crippen LogP contribution in [-0.4, -0.2) is 6.04 Å². The minimum Gasteiger partial charge on any atom is -0.456 e. The number of fused-ring (bicyclic) bond motifs is 7. The van der Waals surface area contributed by atoms with Gasteiger partial charge in [0, 0.05) is 50.4 Å². The lowest BCUT2D eigenvalue weighted by molar-refractivity contribution is 0.669. The third-order valence-corrected chi connectivity index (χ3v) is 11.4. The Hall–Kier alpha value is -7.10. The summed E-state index contributed by atoms with van der Waals surface area (Å²) in [6.45, 7) is 0. The second-order valence-electron chi connectivity index (χ2n) is 14.4. The molecule has 3 heteroatoms. The van der Waals surface area contributed by atoms with Crippen LogP contribution in [0.1, 0.15) is 11.5 Å². The lowest BCUT2D eigenvalue weighted by Gasteiger charge is -2.31. The lowest BCUT2D eigenvalue weighted by atomic mass is 9.91. The van der Waals surface area contributed by atoms with E-state index < -0.39 is 0 Å². The van der Waals surface area contributed by atoms with Gasteiger partial charge in [0.15, 0.2) is 0 Å². The van der Waals surface area contributed by atoms with Crippen molar-refractivity contribution >= 4 is 61.1 Å². The third kappa shape index (κ3) is 5.04. The van der Waals surface area contributed by atoms with Crippen LogP contribution < -0.4 is 9.80 Å². The van der Waals surface area contributed by atoms with Crippen molar-refractivity contribution in [1.29, 1.82) is 0 Å². The van der Waals surface area contributed by atoms with E-state index in [4.69, 9.17) is 4.42 Å². The van der Waals surface area contributed by atoms with E-state index in [9.17, 15) is 0 Å². The van der Waals surface area contributed by atoms with Crippen molar-refractivity contribution in [3.63, 3.8) is 0 Å². The number of anilines is 5. The van der Waals surface area contributed by atoms with Crippen LogP contribution in [0.25, 0.3) is 55.0 Å². The predicted molar refractivity (Wildman–Crippen MR) is 230 cm³/mol. The Balaban J connectivity index is 1.05. The number of hydrogen-bond acceptors (Lipinski definition) is 3. The maximum atomic E-state index is 6.23. The van der Waals surface area contributed by atoms with Gasteiger partial charge in [-0.15, -0.1) is 0 Å². The maximum Gasteiger partial charge on any atom is 0.136 e. The lowest BCUT2D eigenvalue weighted by Crippen LogP contribution is -2.28. The molecule has 2 heterocycles. The smallest absolute Gasteiger partial charge is 0.136 e. The molecule has 0 N–H and O–H groups in total. The van der Waals surface area contributed by atoms with Crippen LogP contribution >= 0.6 is 0 Å². The highest BCUT2D eigenvalue weighted by Crippen LogP contribution is 2.51. The van der Waals surface area contributed by atoms with Crippen LogP contribution in [0.2, 0.25) is 0 Å². The van der Waals surface area contributed by atoms with Crippen molar-refractivity contribution in [2.24, 2.45) is 0 Å². The van der Waals surface area contributed by atoms with Gasteiger partial charge in [-0.05, 0) is 82.2 Å². The molecular formula is C52H36N2O. The van der Waals surface area contributed by atoms with Crippen LogP contribution in [0.15, 0.2) is 211 Å². The van der Waals surface area contributed by atoms with Crippen molar-refractivity contribution < 1.29 is 4.42 Å². The Morgan fingerprint density at radius 1 is 0.436 bits per heavy atom. The second-order valence-corrected chi connectivity index (χ2v) is 14.4. The molecule has 9 aromatic rings. The van der Waals surface area contributed by atoms with Crippen LogP contribution in [0, 0.1) is 0 Å². The van der Waals surface area contributed by atoms with Gasteiger partial charge in [-0.1, -0.05) is 152 Å². The second kappa shape index (κ2) is 12.8. The molecule has 0 saturated carbocycles. The monoisotopic (exact) mass is 704 g/mol. The summed E-state index contributed by atoms with van der Waals surface area (Å²) < 4.78 is 6.23. The van der Waals surface area contributed by atoms with E-state index in [1.54, 1.807) is 0 Å². The Kier molecular flexibility index (Phi) is 7.31. The van der Waals surface area contributed by atoms with E-state index in [1.807, 2.05) is 12.1 Å². The van der Waals surface area contributed by atoms with E-state index in [0.717, 1.165) is 44.6 Å². The minimum absolute atomic E-state index is 0.227. The first kappa shape index (κ1) is 31.4. The van der Waals surface area contributed by atoms with Crippen molar-refractivity contribution in [2.75, 3.05) is 9.80 Å². The van der Waals surface area contributed by atoms with Gasteiger partial charge in [-0.3, -0.25) is 0 Å². The highest BCUT2D eigenvalue weighted by molar-refractivity contribution is 6.13. The SMILES string of the molecule is C1=CC2c3ccccc3N(c3ccccc3-c3ccc(N(c4ccccc4)c4ccc(-c5cccc6oc7ccccc7c56)cc4)c4ccccc34)C2C=C1. The Labute approximate surface area is 320 Å². The van der Waals surface area contributed by atoms with Gasteiger partial charge < -0.3 is 14.2 Å². The van der Waals surface area contributed by atoms with Crippen LogP contribution in [-0.2, 0) is 0 Å². The first-order valence-electron chi connectivity index (χ1n) is 19.0. The number of furan rings is 1. The topological polar surface area (TPSA) is 19.6 Å². The zero-order valence-corrected chi connectivity index (χ0v) is 30.1. The summed E-state index contributed by atoms with van der Waals surface area (Å²) >= 11 is 0. The van der Waals surface area contributed by atoms with E-state index in [1.165, 1.54) is 44.4 Å². The van der Waals surface area contributed by atoms with Crippen molar-refractivity contribution in [3.05, 3.63) is 212 Å². The number of benzene rings is 8. The molecule has 0 amide bonds. The maximum absolute atomic E-state index is 6.23. The van der Waals surface area contributed by atoms with E-state index in [-0.39, 0.29) is 6.04 Å². The Morgan fingerprint density at radius 3 is 1.96 bits per heavy atom. The molecule has 11 rings (SSSR count). The Morgan fingerprint density at radius 2 is 1.09 bits per heavy atom. The molecule has 3 nitrogen and oxygen atoms in total. The van der Waals surface area contributed by atoms with Gasteiger partial charge in [-0.25, -0.2) is 0 Å². The molecule has 260 valence electrons. The fraction of sp³-hybridized carbons (Fsp3) is 0.0385. The van der Waals surface area contributed by atoms with E-state index in [2.05, 4.69) is 204 Å². The molecule has 1 aliphatic heterocycles. The molecule has 0 radical (unpaired) electrons. The summed E-state index contributed by atoms with van der Waals surface area (Å²) in [6, 6.07) is 65.8. The molecule has 1 aromatic heterocycles. The molecule has 0 bridgehead atoms. The fourth-order valence-electron chi connectivity index (χ4n) is 9.00. The van der Waals surface area contributed by atoms with Gasteiger partial charge in [0.2, 0.25) is 0 Å². The normalized spacial score (nSPS) is 15.8. The van der Waals surface area contributed by atoms with Crippen molar-refractivity contribution in [2.45, 2.75) is 12.0 Å². The number of rotatable bonds is 6. The molecule has 1 aliphatic carbocycles. The highest BCUT2D eigenvalue weighted by Gasteiger charge is 2.38. The summed E-state index contributed by atoms with van der Waals surface area (Å²) in [5.41, 5.74) is 13.8. The number of allylic oxidation sites excluding steroid dienone is 2.